The smallest absolute Gasteiger partial charge is 0.226 e. The second-order valence-electron chi connectivity index (χ2n) is 7.60. The molecule has 0 aliphatic heterocycles. The van der Waals surface area contributed by atoms with Gasteiger partial charge in [-0.15, -0.1) is 0 Å². The first-order valence-corrected chi connectivity index (χ1v) is 10.1. The first kappa shape index (κ1) is 22.5. The number of methoxy groups -OCH3 is 1. The summed E-state index contributed by atoms with van der Waals surface area (Å²) >= 11 is 0. The standard InChI is InChI=1S/C24H32N2O3/c1-17(2)22-11-6-8-18(3)24(22)25-23(28)13-15-26(19(4)27)14-12-20-9-7-10-21(16-20)29-5/h6-11,16-17H,12-15H2,1-5H3,(H,25,28). The molecule has 0 heterocycles. The number of hydrogen-bond donors (Lipinski definition) is 1. The number of carbonyl (C=O) groups is 2. The van der Waals surface area contributed by atoms with Crippen molar-refractivity contribution in [3.8, 4) is 5.75 Å². The van der Waals surface area contributed by atoms with E-state index in [-0.39, 0.29) is 18.2 Å². The lowest BCUT2D eigenvalue weighted by molar-refractivity contribution is -0.129. The minimum absolute atomic E-state index is 0.0283. The van der Waals surface area contributed by atoms with Crippen LogP contribution in [-0.2, 0) is 16.0 Å². The molecule has 0 bridgehead atoms. The van der Waals surface area contributed by atoms with Crippen LogP contribution in [0.2, 0.25) is 0 Å². The molecular formula is C24H32N2O3. The van der Waals surface area contributed by atoms with Gasteiger partial charge in [-0.2, -0.15) is 0 Å². The third-order valence-corrected chi connectivity index (χ3v) is 5.05. The minimum atomic E-state index is -0.0752. The molecule has 2 rings (SSSR count). The zero-order valence-electron chi connectivity index (χ0n) is 18.1. The van der Waals surface area contributed by atoms with Crippen LogP contribution in [0.15, 0.2) is 42.5 Å². The molecule has 0 aliphatic rings. The average molecular weight is 397 g/mol. The van der Waals surface area contributed by atoms with E-state index in [1.165, 1.54) is 0 Å². The molecule has 0 aliphatic carbocycles. The Morgan fingerprint density at radius 2 is 1.83 bits per heavy atom. The van der Waals surface area contributed by atoms with E-state index in [1.807, 2.05) is 49.4 Å². The third-order valence-electron chi connectivity index (χ3n) is 5.05. The predicted octanol–water partition coefficient (Wildman–Crippen LogP) is 4.55. The van der Waals surface area contributed by atoms with Crippen molar-refractivity contribution in [3.63, 3.8) is 0 Å². The Balaban J connectivity index is 1.95. The van der Waals surface area contributed by atoms with Gasteiger partial charge in [0.15, 0.2) is 0 Å². The first-order valence-electron chi connectivity index (χ1n) is 10.1. The zero-order valence-corrected chi connectivity index (χ0v) is 18.1. The van der Waals surface area contributed by atoms with E-state index >= 15 is 0 Å². The van der Waals surface area contributed by atoms with Gasteiger partial charge in [-0.1, -0.05) is 44.2 Å². The highest BCUT2D eigenvalue weighted by Gasteiger charge is 2.15. The summed E-state index contributed by atoms with van der Waals surface area (Å²) in [5.41, 5.74) is 4.16. The largest absolute Gasteiger partial charge is 0.497 e. The Morgan fingerprint density at radius 1 is 1.10 bits per heavy atom. The fourth-order valence-corrected chi connectivity index (χ4v) is 3.30. The van der Waals surface area contributed by atoms with E-state index in [1.54, 1.807) is 18.9 Å². The second-order valence-corrected chi connectivity index (χ2v) is 7.60. The maximum Gasteiger partial charge on any atom is 0.226 e. The molecular weight excluding hydrogens is 364 g/mol. The molecule has 0 unspecified atom stereocenters. The molecule has 2 aromatic rings. The Hall–Kier alpha value is -2.82. The normalized spacial score (nSPS) is 10.7. The van der Waals surface area contributed by atoms with Crippen molar-refractivity contribution < 1.29 is 14.3 Å². The van der Waals surface area contributed by atoms with Gasteiger partial charge in [-0.05, 0) is 48.1 Å². The van der Waals surface area contributed by atoms with Crippen LogP contribution in [0.3, 0.4) is 0 Å². The number of nitrogens with one attached hydrogen (secondary N) is 1. The summed E-state index contributed by atoms with van der Waals surface area (Å²) in [6, 6.07) is 13.9. The molecule has 5 nitrogen and oxygen atoms in total. The molecule has 0 saturated heterocycles. The average Bonchev–Trinajstić information content (AvgIpc) is 2.69. The van der Waals surface area contributed by atoms with Gasteiger partial charge >= 0.3 is 0 Å². The van der Waals surface area contributed by atoms with Gasteiger partial charge in [-0.25, -0.2) is 0 Å². The zero-order chi connectivity index (χ0) is 21.4. The molecule has 0 atom stereocenters. The van der Waals surface area contributed by atoms with E-state index in [2.05, 4.69) is 19.2 Å². The highest BCUT2D eigenvalue weighted by molar-refractivity contribution is 5.92. The van der Waals surface area contributed by atoms with Crippen molar-refractivity contribution in [2.75, 3.05) is 25.5 Å². The fraction of sp³-hybridized carbons (Fsp3) is 0.417. The minimum Gasteiger partial charge on any atom is -0.497 e. The molecule has 156 valence electrons. The summed E-state index contributed by atoms with van der Waals surface area (Å²) < 4.78 is 5.25. The molecule has 0 aromatic heterocycles. The number of carbonyl (C=O) groups excluding carboxylic acids is 2. The van der Waals surface area contributed by atoms with E-state index in [4.69, 9.17) is 4.74 Å². The molecule has 2 aromatic carbocycles. The number of aryl methyl sites for hydroxylation is 1. The van der Waals surface area contributed by atoms with Gasteiger partial charge in [0, 0.05) is 32.1 Å². The third kappa shape index (κ3) is 6.63. The number of ether oxygens (including phenoxy) is 1. The first-order chi connectivity index (χ1) is 13.8. The van der Waals surface area contributed by atoms with Crippen molar-refractivity contribution >= 4 is 17.5 Å². The lowest BCUT2D eigenvalue weighted by Crippen LogP contribution is -2.33. The molecule has 2 amide bonds. The van der Waals surface area contributed by atoms with Gasteiger partial charge in [-0.3, -0.25) is 9.59 Å². The van der Waals surface area contributed by atoms with Gasteiger partial charge in [0.2, 0.25) is 11.8 Å². The van der Waals surface area contributed by atoms with Crippen LogP contribution in [0.4, 0.5) is 5.69 Å². The number of nitrogens with zero attached hydrogens (tertiary/aromatic N) is 1. The summed E-state index contributed by atoms with van der Waals surface area (Å²) in [6.45, 7) is 8.73. The van der Waals surface area contributed by atoms with Gasteiger partial charge < -0.3 is 15.0 Å². The summed E-state index contributed by atoms with van der Waals surface area (Å²) in [4.78, 5) is 26.3. The monoisotopic (exact) mass is 396 g/mol. The number of rotatable bonds is 9. The van der Waals surface area contributed by atoms with E-state index in [0.29, 0.717) is 25.4 Å². The maximum absolute atomic E-state index is 12.6. The van der Waals surface area contributed by atoms with Crippen LogP contribution in [0.1, 0.15) is 49.8 Å². The molecule has 0 spiro atoms. The lowest BCUT2D eigenvalue weighted by Gasteiger charge is -2.22. The van der Waals surface area contributed by atoms with Crippen molar-refractivity contribution in [3.05, 3.63) is 59.2 Å². The van der Waals surface area contributed by atoms with Crippen molar-refractivity contribution in [2.24, 2.45) is 0 Å². The number of anilines is 1. The highest BCUT2D eigenvalue weighted by atomic mass is 16.5. The van der Waals surface area contributed by atoms with Crippen LogP contribution >= 0.6 is 0 Å². The highest BCUT2D eigenvalue weighted by Crippen LogP contribution is 2.27. The Bertz CT molecular complexity index is 846. The summed E-state index contributed by atoms with van der Waals surface area (Å²) in [5, 5.41) is 3.05. The van der Waals surface area contributed by atoms with Gasteiger partial charge in [0.05, 0.1) is 7.11 Å². The van der Waals surface area contributed by atoms with E-state index in [9.17, 15) is 9.59 Å². The van der Waals surface area contributed by atoms with Crippen molar-refractivity contribution in [1.29, 1.82) is 0 Å². The Kier molecular flexibility index (Phi) is 8.25. The fourth-order valence-electron chi connectivity index (χ4n) is 3.30. The molecule has 1 N–H and O–H groups in total. The summed E-state index contributed by atoms with van der Waals surface area (Å²) in [5.74, 6) is 1.02. The molecule has 0 fully saturated rings. The number of amides is 2. The quantitative estimate of drug-likeness (QED) is 0.677. The number of hydrogen-bond acceptors (Lipinski definition) is 3. The van der Waals surface area contributed by atoms with Gasteiger partial charge in [0.1, 0.15) is 5.75 Å². The lowest BCUT2D eigenvalue weighted by atomic mass is 9.98. The second kappa shape index (κ2) is 10.6. The maximum atomic E-state index is 12.6. The SMILES string of the molecule is COc1cccc(CCN(CCC(=O)Nc2c(C)cccc2C(C)C)C(C)=O)c1. The van der Waals surface area contributed by atoms with Crippen LogP contribution in [-0.4, -0.2) is 36.9 Å². The Morgan fingerprint density at radius 3 is 2.48 bits per heavy atom. The van der Waals surface area contributed by atoms with Crippen LogP contribution in [0, 0.1) is 6.92 Å². The van der Waals surface area contributed by atoms with E-state index in [0.717, 1.165) is 28.1 Å². The topological polar surface area (TPSA) is 58.6 Å². The van der Waals surface area contributed by atoms with Crippen LogP contribution in [0.5, 0.6) is 5.75 Å². The molecule has 29 heavy (non-hydrogen) atoms. The van der Waals surface area contributed by atoms with Crippen LogP contribution in [0.25, 0.3) is 0 Å². The summed E-state index contributed by atoms with van der Waals surface area (Å²) in [6.07, 6.45) is 0.983. The van der Waals surface area contributed by atoms with Crippen molar-refractivity contribution in [1.82, 2.24) is 4.90 Å². The number of benzene rings is 2. The van der Waals surface area contributed by atoms with E-state index < -0.39 is 0 Å². The van der Waals surface area contributed by atoms with Crippen molar-refractivity contribution in [2.45, 2.75) is 46.5 Å². The van der Waals surface area contributed by atoms with Crippen LogP contribution < -0.4 is 10.1 Å². The molecule has 0 radical (unpaired) electrons. The Labute approximate surface area is 174 Å². The molecule has 0 saturated carbocycles. The summed E-state index contributed by atoms with van der Waals surface area (Å²) in [7, 11) is 1.64. The molecule has 5 heteroatoms. The number of para-hydroxylation sites is 1. The predicted molar refractivity (Wildman–Crippen MR) is 117 cm³/mol. The van der Waals surface area contributed by atoms with Gasteiger partial charge in [0.25, 0.3) is 0 Å².